The van der Waals surface area contributed by atoms with Crippen molar-refractivity contribution in [3.8, 4) is 0 Å². The van der Waals surface area contributed by atoms with E-state index in [-0.39, 0.29) is 19.7 Å². The van der Waals surface area contributed by atoms with Crippen LogP contribution in [-0.2, 0) is 24.5 Å². The van der Waals surface area contributed by atoms with Gasteiger partial charge < -0.3 is 14.6 Å². The van der Waals surface area contributed by atoms with Crippen LogP contribution >= 0.6 is 0 Å². The number of hydrogen-bond donors (Lipinski definition) is 2. The van der Waals surface area contributed by atoms with Gasteiger partial charge in [-0.2, -0.15) is 17.4 Å². The SMILES string of the molecule is COCC(CNS(=O)(=O)N1CCCCC1C(=O)O)OC. The number of ether oxygens (including phenoxy) is 2. The van der Waals surface area contributed by atoms with Gasteiger partial charge in [-0.25, -0.2) is 0 Å². The van der Waals surface area contributed by atoms with E-state index in [1.165, 1.54) is 14.2 Å². The summed E-state index contributed by atoms with van der Waals surface area (Å²) in [5.74, 6) is -1.12. The molecule has 9 heteroatoms. The molecular weight excluding hydrogens is 288 g/mol. The quantitative estimate of drug-likeness (QED) is 0.621. The largest absolute Gasteiger partial charge is 0.480 e. The Kier molecular flexibility index (Phi) is 6.83. The van der Waals surface area contributed by atoms with E-state index in [9.17, 15) is 13.2 Å². The first kappa shape index (κ1) is 17.3. The van der Waals surface area contributed by atoms with E-state index in [2.05, 4.69) is 4.72 Å². The Balaban J connectivity index is 2.68. The van der Waals surface area contributed by atoms with Crippen LogP contribution in [-0.4, -0.2) is 69.9 Å². The Morgan fingerprint density at radius 3 is 2.70 bits per heavy atom. The third-order valence-electron chi connectivity index (χ3n) is 3.23. The molecule has 0 aromatic rings. The summed E-state index contributed by atoms with van der Waals surface area (Å²) < 4.78 is 37.7. The first-order chi connectivity index (χ1) is 9.42. The summed E-state index contributed by atoms with van der Waals surface area (Å²) in [6.07, 6.45) is 1.30. The van der Waals surface area contributed by atoms with E-state index in [1.54, 1.807) is 0 Å². The van der Waals surface area contributed by atoms with Crippen molar-refractivity contribution < 1.29 is 27.8 Å². The molecule has 0 aromatic carbocycles. The summed E-state index contributed by atoms with van der Waals surface area (Å²) in [6, 6.07) is -0.996. The molecule has 0 bridgehead atoms. The van der Waals surface area contributed by atoms with Gasteiger partial charge in [0.05, 0.1) is 12.7 Å². The highest BCUT2D eigenvalue weighted by Gasteiger charge is 2.36. The van der Waals surface area contributed by atoms with Gasteiger partial charge in [-0.05, 0) is 19.3 Å². The topological polar surface area (TPSA) is 105 Å². The van der Waals surface area contributed by atoms with Crippen LogP contribution in [0.15, 0.2) is 0 Å². The zero-order chi connectivity index (χ0) is 15.2. The van der Waals surface area contributed by atoms with Crippen molar-refractivity contribution in [3.63, 3.8) is 0 Å². The van der Waals surface area contributed by atoms with Gasteiger partial charge >= 0.3 is 5.97 Å². The normalized spacial score (nSPS) is 22.6. The minimum absolute atomic E-state index is 0.0372. The van der Waals surface area contributed by atoms with Crippen LogP contribution in [0.3, 0.4) is 0 Å². The van der Waals surface area contributed by atoms with E-state index < -0.39 is 28.3 Å². The summed E-state index contributed by atoms with van der Waals surface area (Å²) in [6.45, 7) is 0.505. The molecule has 0 saturated carbocycles. The van der Waals surface area contributed by atoms with Crippen LogP contribution in [0, 0.1) is 0 Å². The number of carboxylic acid groups (broad SMARTS) is 1. The number of nitrogens with one attached hydrogen (secondary N) is 1. The van der Waals surface area contributed by atoms with E-state index >= 15 is 0 Å². The van der Waals surface area contributed by atoms with Crippen LogP contribution in [0.2, 0.25) is 0 Å². The van der Waals surface area contributed by atoms with Crippen molar-refractivity contribution >= 4 is 16.2 Å². The molecule has 0 amide bonds. The number of aliphatic carboxylic acids is 1. The van der Waals surface area contributed by atoms with E-state index in [1.807, 2.05) is 0 Å². The molecule has 118 valence electrons. The molecule has 0 radical (unpaired) electrons. The lowest BCUT2D eigenvalue weighted by atomic mass is 10.1. The minimum atomic E-state index is -3.83. The highest BCUT2D eigenvalue weighted by molar-refractivity contribution is 7.87. The van der Waals surface area contributed by atoms with Crippen LogP contribution < -0.4 is 4.72 Å². The fraction of sp³-hybridized carbons (Fsp3) is 0.909. The minimum Gasteiger partial charge on any atom is -0.480 e. The Morgan fingerprint density at radius 1 is 1.45 bits per heavy atom. The van der Waals surface area contributed by atoms with Crippen molar-refractivity contribution in [2.45, 2.75) is 31.4 Å². The van der Waals surface area contributed by atoms with Crippen molar-refractivity contribution in [1.82, 2.24) is 9.03 Å². The number of piperidine rings is 1. The molecule has 0 aromatic heterocycles. The van der Waals surface area contributed by atoms with E-state index in [0.717, 1.165) is 4.31 Å². The summed E-state index contributed by atoms with van der Waals surface area (Å²) in [4.78, 5) is 11.1. The maximum atomic E-state index is 12.2. The van der Waals surface area contributed by atoms with Crippen LogP contribution in [0.25, 0.3) is 0 Å². The maximum absolute atomic E-state index is 12.2. The number of nitrogens with zero attached hydrogens (tertiary/aromatic N) is 1. The number of methoxy groups -OCH3 is 2. The predicted molar refractivity (Wildman–Crippen MR) is 71.6 cm³/mol. The molecule has 1 aliphatic heterocycles. The van der Waals surface area contributed by atoms with Crippen molar-refractivity contribution in [2.24, 2.45) is 0 Å². The Bertz CT molecular complexity index is 413. The molecule has 0 spiro atoms. The van der Waals surface area contributed by atoms with Crippen molar-refractivity contribution in [2.75, 3.05) is 33.9 Å². The molecule has 1 fully saturated rings. The molecule has 1 heterocycles. The average Bonchev–Trinajstić information content (AvgIpc) is 2.43. The zero-order valence-electron chi connectivity index (χ0n) is 11.7. The van der Waals surface area contributed by atoms with Gasteiger partial charge in [0.1, 0.15) is 6.04 Å². The molecule has 0 aliphatic carbocycles. The monoisotopic (exact) mass is 310 g/mol. The van der Waals surface area contributed by atoms with Crippen molar-refractivity contribution in [3.05, 3.63) is 0 Å². The van der Waals surface area contributed by atoms with Gasteiger partial charge in [-0.3, -0.25) is 4.79 Å². The molecule has 1 rings (SSSR count). The molecule has 1 saturated heterocycles. The lowest BCUT2D eigenvalue weighted by molar-refractivity contribution is -0.142. The molecule has 1 aliphatic rings. The molecular formula is C11H22N2O6S. The highest BCUT2D eigenvalue weighted by Crippen LogP contribution is 2.19. The molecule has 2 unspecified atom stereocenters. The number of rotatable bonds is 8. The smallest absolute Gasteiger partial charge is 0.322 e. The zero-order valence-corrected chi connectivity index (χ0v) is 12.6. The lowest BCUT2D eigenvalue weighted by Gasteiger charge is -2.32. The average molecular weight is 310 g/mol. The number of carboxylic acids is 1. The lowest BCUT2D eigenvalue weighted by Crippen LogP contribution is -2.53. The summed E-state index contributed by atoms with van der Waals surface area (Å²) in [5.41, 5.74) is 0. The third kappa shape index (κ3) is 4.67. The van der Waals surface area contributed by atoms with Gasteiger partial charge in [-0.15, -0.1) is 0 Å². The van der Waals surface area contributed by atoms with Gasteiger partial charge in [0.25, 0.3) is 10.2 Å². The van der Waals surface area contributed by atoms with Crippen molar-refractivity contribution in [1.29, 1.82) is 0 Å². The number of hydrogen-bond acceptors (Lipinski definition) is 5. The number of carbonyl (C=O) groups is 1. The van der Waals surface area contributed by atoms with E-state index in [4.69, 9.17) is 14.6 Å². The van der Waals surface area contributed by atoms with Crippen LogP contribution in [0.4, 0.5) is 0 Å². The van der Waals surface area contributed by atoms with Crippen LogP contribution in [0.5, 0.6) is 0 Å². The van der Waals surface area contributed by atoms with Gasteiger partial charge in [0.2, 0.25) is 0 Å². The fourth-order valence-corrected chi connectivity index (χ4v) is 3.58. The second-order valence-corrected chi connectivity index (χ2v) is 6.33. The van der Waals surface area contributed by atoms with Gasteiger partial charge in [0, 0.05) is 27.3 Å². The maximum Gasteiger partial charge on any atom is 0.322 e. The van der Waals surface area contributed by atoms with E-state index in [0.29, 0.717) is 19.3 Å². The molecule has 2 N–H and O–H groups in total. The first-order valence-corrected chi connectivity index (χ1v) is 7.87. The predicted octanol–water partition coefficient (Wildman–Crippen LogP) is -0.579. The van der Waals surface area contributed by atoms with Gasteiger partial charge in [-0.1, -0.05) is 0 Å². The fourth-order valence-electron chi connectivity index (χ4n) is 2.12. The second kappa shape index (κ2) is 7.89. The highest BCUT2D eigenvalue weighted by atomic mass is 32.2. The molecule has 20 heavy (non-hydrogen) atoms. The van der Waals surface area contributed by atoms with Crippen LogP contribution in [0.1, 0.15) is 19.3 Å². The Hall–Kier alpha value is -0.740. The first-order valence-electron chi connectivity index (χ1n) is 6.43. The third-order valence-corrected chi connectivity index (χ3v) is 4.81. The molecule has 2 atom stereocenters. The summed E-state index contributed by atoms with van der Waals surface area (Å²) >= 11 is 0. The molecule has 8 nitrogen and oxygen atoms in total. The Labute approximate surface area is 119 Å². The standard InChI is InChI=1S/C11H22N2O6S/c1-18-8-9(19-2)7-12-20(16,17)13-6-4-3-5-10(13)11(14)15/h9-10,12H,3-8H2,1-2H3,(H,14,15). The summed E-state index contributed by atoms with van der Waals surface area (Å²) in [7, 11) is -0.885. The summed E-state index contributed by atoms with van der Waals surface area (Å²) in [5, 5.41) is 9.10. The second-order valence-electron chi connectivity index (χ2n) is 4.63. The van der Waals surface area contributed by atoms with Gasteiger partial charge in [0.15, 0.2) is 0 Å². The Morgan fingerprint density at radius 2 is 2.15 bits per heavy atom.